The summed E-state index contributed by atoms with van der Waals surface area (Å²) in [5.74, 6) is 0. The molecule has 0 aliphatic carbocycles. The zero-order valence-corrected chi connectivity index (χ0v) is 10.5. The van der Waals surface area contributed by atoms with Crippen molar-refractivity contribution in [3.63, 3.8) is 0 Å². The highest BCUT2D eigenvalue weighted by Crippen LogP contribution is 2.16. The Labute approximate surface area is 98.3 Å². The second-order valence-corrected chi connectivity index (χ2v) is 5.02. The van der Waals surface area contributed by atoms with Crippen LogP contribution in [0.1, 0.15) is 6.42 Å². The van der Waals surface area contributed by atoms with Gasteiger partial charge >= 0.3 is 0 Å². The first-order valence-corrected chi connectivity index (χ1v) is 5.92. The largest absolute Gasteiger partial charge is 0.373 e. The fraction of sp³-hybridized carbons (Fsp3) is 0.444. The number of rotatable bonds is 3. The van der Waals surface area contributed by atoms with Gasteiger partial charge in [0.15, 0.2) is 0 Å². The number of aryl methyl sites for hydroxylation is 1. The van der Waals surface area contributed by atoms with Crippen LogP contribution >= 0.6 is 31.9 Å². The second-order valence-electron chi connectivity index (χ2n) is 3.25. The van der Waals surface area contributed by atoms with E-state index in [1.165, 1.54) is 0 Å². The minimum Gasteiger partial charge on any atom is -0.373 e. The van der Waals surface area contributed by atoms with Gasteiger partial charge in [0.05, 0.1) is 17.2 Å². The lowest BCUT2D eigenvalue weighted by atomic mass is 10.3. The van der Waals surface area contributed by atoms with E-state index in [1.54, 1.807) is 16.8 Å². The molecule has 1 unspecified atom stereocenters. The quantitative estimate of drug-likeness (QED) is 0.799. The second kappa shape index (κ2) is 4.16. The number of epoxide rings is 1. The fourth-order valence-corrected chi connectivity index (χ4v) is 2.51. The normalized spacial score (nSPS) is 19.7. The number of hydrogen-bond donors (Lipinski definition) is 0. The number of pyridine rings is 1. The zero-order valence-electron chi connectivity index (χ0n) is 7.37. The third-order valence-corrected chi connectivity index (χ3v) is 3.11. The molecular formula is C9H9Br2NO2. The van der Waals surface area contributed by atoms with Crippen LogP contribution in [0.25, 0.3) is 0 Å². The summed E-state index contributed by atoms with van der Waals surface area (Å²) in [5.41, 5.74) is 0.00819. The molecule has 5 heteroatoms. The lowest BCUT2D eigenvalue weighted by Gasteiger charge is -2.05. The van der Waals surface area contributed by atoms with Crippen molar-refractivity contribution in [2.24, 2.45) is 0 Å². The Morgan fingerprint density at radius 3 is 2.93 bits per heavy atom. The molecular weight excluding hydrogens is 314 g/mol. The maximum absolute atomic E-state index is 11.6. The average molecular weight is 323 g/mol. The first kappa shape index (κ1) is 10.4. The first-order chi connectivity index (χ1) is 6.66. The Balaban J connectivity index is 2.17. The molecule has 0 spiro atoms. The molecule has 3 nitrogen and oxygen atoms in total. The molecule has 1 saturated heterocycles. The molecule has 0 bridgehead atoms. The molecule has 2 heterocycles. The van der Waals surface area contributed by atoms with Gasteiger partial charge in [-0.1, -0.05) is 0 Å². The van der Waals surface area contributed by atoms with Crippen LogP contribution in [0.3, 0.4) is 0 Å². The van der Waals surface area contributed by atoms with Crippen LogP contribution in [0.4, 0.5) is 0 Å². The summed E-state index contributed by atoms with van der Waals surface area (Å²) in [5, 5.41) is 0. The predicted octanol–water partition coefficient (Wildman–Crippen LogP) is 2.16. The molecule has 0 radical (unpaired) electrons. The van der Waals surface area contributed by atoms with E-state index < -0.39 is 0 Å². The van der Waals surface area contributed by atoms with E-state index >= 15 is 0 Å². The SMILES string of the molecule is O=c1c(Br)cc(Br)cn1CCC1CO1. The Morgan fingerprint density at radius 1 is 1.57 bits per heavy atom. The molecule has 1 aliphatic heterocycles. The number of hydrogen-bond acceptors (Lipinski definition) is 2. The maximum atomic E-state index is 11.6. The van der Waals surface area contributed by atoms with Crippen LogP contribution in [0, 0.1) is 0 Å². The Bertz CT molecular complexity index is 398. The summed E-state index contributed by atoms with van der Waals surface area (Å²) in [7, 11) is 0. The Kier molecular flexibility index (Phi) is 3.09. The molecule has 14 heavy (non-hydrogen) atoms. The highest BCUT2D eigenvalue weighted by molar-refractivity contribution is 9.11. The molecule has 1 atom stereocenters. The topological polar surface area (TPSA) is 34.5 Å². The predicted molar refractivity (Wildman–Crippen MR) is 60.5 cm³/mol. The summed E-state index contributed by atoms with van der Waals surface area (Å²) in [4.78, 5) is 11.6. The summed E-state index contributed by atoms with van der Waals surface area (Å²) in [6.45, 7) is 1.55. The van der Waals surface area contributed by atoms with Crippen molar-refractivity contribution >= 4 is 31.9 Å². The zero-order chi connectivity index (χ0) is 10.1. The highest BCUT2D eigenvalue weighted by atomic mass is 79.9. The van der Waals surface area contributed by atoms with E-state index in [1.807, 2.05) is 0 Å². The molecule has 1 aromatic heterocycles. The van der Waals surface area contributed by atoms with Crippen LogP contribution in [-0.4, -0.2) is 17.3 Å². The Morgan fingerprint density at radius 2 is 2.29 bits per heavy atom. The van der Waals surface area contributed by atoms with Crippen LogP contribution < -0.4 is 5.56 Å². The van der Waals surface area contributed by atoms with E-state index in [0.29, 0.717) is 17.1 Å². The molecule has 1 aromatic rings. The highest BCUT2D eigenvalue weighted by Gasteiger charge is 2.21. The van der Waals surface area contributed by atoms with E-state index in [4.69, 9.17) is 4.74 Å². The van der Waals surface area contributed by atoms with Crippen molar-refractivity contribution in [3.05, 3.63) is 31.6 Å². The van der Waals surface area contributed by atoms with Crippen molar-refractivity contribution in [1.82, 2.24) is 4.57 Å². The summed E-state index contributed by atoms with van der Waals surface area (Å²) < 4.78 is 8.27. The van der Waals surface area contributed by atoms with Crippen LogP contribution in [0.2, 0.25) is 0 Å². The van der Waals surface area contributed by atoms with E-state index in [-0.39, 0.29) is 5.56 Å². The van der Waals surface area contributed by atoms with Crippen molar-refractivity contribution in [3.8, 4) is 0 Å². The third kappa shape index (κ3) is 2.46. The van der Waals surface area contributed by atoms with Gasteiger partial charge in [-0.15, -0.1) is 0 Å². The Hall–Kier alpha value is -0.130. The standard InChI is InChI=1S/C9H9Br2NO2/c10-6-3-8(11)9(13)12(4-6)2-1-7-5-14-7/h3-4,7H,1-2,5H2. The van der Waals surface area contributed by atoms with Gasteiger partial charge in [0.25, 0.3) is 5.56 Å². The smallest absolute Gasteiger partial charge is 0.264 e. The average Bonchev–Trinajstić information content (AvgIpc) is 2.92. The van der Waals surface area contributed by atoms with E-state index in [2.05, 4.69) is 31.9 Å². The molecule has 1 aliphatic rings. The summed E-state index contributed by atoms with van der Waals surface area (Å²) in [6, 6.07) is 1.76. The molecule has 0 saturated carbocycles. The van der Waals surface area contributed by atoms with Gasteiger partial charge in [-0.2, -0.15) is 0 Å². The van der Waals surface area contributed by atoms with Crippen LogP contribution in [-0.2, 0) is 11.3 Å². The molecule has 2 rings (SSSR count). The number of ether oxygens (including phenoxy) is 1. The third-order valence-electron chi connectivity index (χ3n) is 2.10. The van der Waals surface area contributed by atoms with Gasteiger partial charge in [-0.05, 0) is 44.3 Å². The van der Waals surface area contributed by atoms with Crippen molar-refractivity contribution < 1.29 is 4.74 Å². The molecule has 0 amide bonds. The number of aromatic nitrogens is 1. The minimum absolute atomic E-state index is 0.00819. The van der Waals surface area contributed by atoms with Gasteiger partial charge in [0, 0.05) is 17.2 Å². The van der Waals surface area contributed by atoms with Gasteiger partial charge in [-0.25, -0.2) is 0 Å². The molecule has 76 valence electrons. The summed E-state index contributed by atoms with van der Waals surface area (Å²) in [6.07, 6.45) is 3.07. The van der Waals surface area contributed by atoms with Crippen molar-refractivity contribution in [2.45, 2.75) is 19.1 Å². The first-order valence-electron chi connectivity index (χ1n) is 4.34. The number of nitrogens with zero attached hydrogens (tertiary/aromatic N) is 1. The molecule has 0 aromatic carbocycles. The summed E-state index contributed by atoms with van der Waals surface area (Å²) >= 11 is 6.57. The molecule has 1 fully saturated rings. The lowest BCUT2D eigenvalue weighted by Crippen LogP contribution is -2.20. The van der Waals surface area contributed by atoms with Crippen molar-refractivity contribution in [2.75, 3.05) is 6.61 Å². The van der Waals surface area contributed by atoms with Gasteiger partial charge < -0.3 is 9.30 Å². The minimum atomic E-state index is 0.00819. The van der Waals surface area contributed by atoms with Crippen LogP contribution in [0.5, 0.6) is 0 Å². The van der Waals surface area contributed by atoms with Crippen LogP contribution in [0.15, 0.2) is 26.0 Å². The molecule has 0 N–H and O–H groups in total. The maximum Gasteiger partial charge on any atom is 0.264 e. The lowest BCUT2D eigenvalue weighted by molar-refractivity contribution is 0.383. The van der Waals surface area contributed by atoms with Crippen molar-refractivity contribution in [1.29, 1.82) is 0 Å². The van der Waals surface area contributed by atoms with Gasteiger partial charge in [-0.3, -0.25) is 4.79 Å². The van der Waals surface area contributed by atoms with E-state index in [0.717, 1.165) is 17.5 Å². The monoisotopic (exact) mass is 321 g/mol. The van der Waals surface area contributed by atoms with Gasteiger partial charge in [0.1, 0.15) is 0 Å². The van der Waals surface area contributed by atoms with E-state index in [9.17, 15) is 4.79 Å². The fourth-order valence-electron chi connectivity index (χ4n) is 1.25. The van der Waals surface area contributed by atoms with Gasteiger partial charge in [0.2, 0.25) is 0 Å². The number of halogens is 2.